The fraction of sp³-hybridized carbons (Fsp3) is 0.909. The van der Waals surface area contributed by atoms with E-state index in [1.807, 2.05) is 11.9 Å². The van der Waals surface area contributed by atoms with E-state index in [0.717, 1.165) is 18.8 Å². The lowest BCUT2D eigenvalue weighted by molar-refractivity contribution is -0.137. The topological polar surface area (TPSA) is 32.3 Å². The molecule has 1 saturated heterocycles. The monoisotopic (exact) mass is 230 g/mol. The molecule has 1 amide bonds. The molecule has 0 bridgehead atoms. The van der Waals surface area contributed by atoms with Crippen molar-refractivity contribution in [2.75, 3.05) is 32.1 Å². The predicted molar refractivity (Wildman–Crippen MR) is 66.1 cm³/mol. The van der Waals surface area contributed by atoms with E-state index in [1.54, 1.807) is 11.8 Å². The molecule has 1 rings (SSSR count). The van der Waals surface area contributed by atoms with Crippen molar-refractivity contribution in [2.24, 2.45) is 11.8 Å². The van der Waals surface area contributed by atoms with Crippen LogP contribution in [-0.4, -0.2) is 49.0 Å². The molecule has 1 aliphatic rings. The van der Waals surface area contributed by atoms with E-state index in [9.17, 15) is 4.79 Å². The van der Waals surface area contributed by atoms with Gasteiger partial charge in [-0.05, 0) is 32.2 Å². The van der Waals surface area contributed by atoms with Crippen LogP contribution < -0.4 is 5.32 Å². The van der Waals surface area contributed by atoms with Gasteiger partial charge < -0.3 is 10.2 Å². The highest BCUT2D eigenvalue weighted by Crippen LogP contribution is 2.19. The number of carbonyl (C=O) groups is 1. The maximum absolute atomic E-state index is 12.1. The number of amides is 1. The van der Waals surface area contributed by atoms with E-state index in [0.29, 0.717) is 17.9 Å². The lowest BCUT2D eigenvalue weighted by Gasteiger charge is -2.35. The number of nitrogens with zero attached hydrogens (tertiary/aromatic N) is 1. The minimum atomic E-state index is 0.167. The van der Waals surface area contributed by atoms with Crippen LogP contribution in [0.4, 0.5) is 0 Å². The smallest absolute Gasteiger partial charge is 0.225 e. The van der Waals surface area contributed by atoms with Crippen LogP contribution in [0.15, 0.2) is 0 Å². The number of hydrogen-bond donors (Lipinski definition) is 1. The van der Waals surface area contributed by atoms with Gasteiger partial charge in [-0.1, -0.05) is 6.92 Å². The maximum atomic E-state index is 12.1. The number of thioether (sulfide) groups is 1. The first kappa shape index (κ1) is 12.8. The molecule has 2 unspecified atom stereocenters. The molecule has 0 spiro atoms. The summed E-state index contributed by atoms with van der Waals surface area (Å²) < 4.78 is 0. The van der Waals surface area contributed by atoms with Crippen LogP contribution in [0, 0.1) is 11.8 Å². The summed E-state index contributed by atoms with van der Waals surface area (Å²) in [6.07, 6.45) is 2.08. The molecule has 3 nitrogen and oxygen atoms in total. The van der Waals surface area contributed by atoms with E-state index in [1.165, 1.54) is 0 Å². The van der Waals surface area contributed by atoms with Gasteiger partial charge in [0.1, 0.15) is 0 Å². The molecule has 1 N–H and O–H groups in total. The van der Waals surface area contributed by atoms with E-state index in [4.69, 9.17) is 0 Å². The van der Waals surface area contributed by atoms with Crippen molar-refractivity contribution in [3.8, 4) is 0 Å². The number of nitrogens with one attached hydrogen (secondary N) is 1. The van der Waals surface area contributed by atoms with Crippen LogP contribution in [0.2, 0.25) is 0 Å². The fourth-order valence-electron chi connectivity index (χ4n) is 1.76. The molecule has 1 aliphatic heterocycles. The van der Waals surface area contributed by atoms with Crippen LogP contribution in [0.25, 0.3) is 0 Å². The van der Waals surface area contributed by atoms with Crippen molar-refractivity contribution in [1.29, 1.82) is 0 Å². The highest BCUT2D eigenvalue weighted by Gasteiger charge is 2.31. The predicted octanol–water partition coefficient (Wildman–Crippen LogP) is 1.05. The Labute approximate surface area is 97.0 Å². The molecule has 2 atom stereocenters. The molecule has 4 heteroatoms. The Morgan fingerprint density at radius 2 is 2.13 bits per heavy atom. The van der Waals surface area contributed by atoms with E-state index in [2.05, 4.69) is 25.4 Å². The normalized spacial score (nSPS) is 20.5. The molecule has 0 aliphatic carbocycles. The summed E-state index contributed by atoms with van der Waals surface area (Å²) in [6.45, 7) is 6.16. The van der Waals surface area contributed by atoms with Gasteiger partial charge in [-0.2, -0.15) is 11.8 Å². The first-order chi connectivity index (χ1) is 7.07. The van der Waals surface area contributed by atoms with Gasteiger partial charge in [-0.15, -0.1) is 0 Å². The van der Waals surface area contributed by atoms with Gasteiger partial charge in [-0.3, -0.25) is 4.79 Å². The Kier molecular flexibility index (Phi) is 4.93. The Bertz CT molecular complexity index is 219. The summed E-state index contributed by atoms with van der Waals surface area (Å²) in [6, 6.07) is 0.336. The molecular formula is C11H22N2OS. The van der Waals surface area contributed by atoms with Crippen molar-refractivity contribution in [3.63, 3.8) is 0 Å². The second kappa shape index (κ2) is 5.75. The molecule has 0 radical (unpaired) electrons. The molecular weight excluding hydrogens is 208 g/mol. The Hall–Kier alpha value is -0.220. The Balaban J connectivity index is 2.43. The van der Waals surface area contributed by atoms with Crippen LogP contribution in [0.1, 0.15) is 13.8 Å². The minimum absolute atomic E-state index is 0.167. The summed E-state index contributed by atoms with van der Waals surface area (Å²) in [7, 11) is 1.92. The van der Waals surface area contributed by atoms with Crippen LogP contribution >= 0.6 is 11.8 Å². The average Bonchev–Trinajstić information content (AvgIpc) is 2.13. The van der Waals surface area contributed by atoms with E-state index < -0.39 is 0 Å². The van der Waals surface area contributed by atoms with Gasteiger partial charge in [0.15, 0.2) is 0 Å². The zero-order chi connectivity index (χ0) is 11.4. The highest BCUT2D eigenvalue weighted by molar-refractivity contribution is 7.98. The Morgan fingerprint density at radius 3 is 2.53 bits per heavy atom. The van der Waals surface area contributed by atoms with Crippen molar-refractivity contribution in [2.45, 2.75) is 19.9 Å². The van der Waals surface area contributed by atoms with Crippen molar-refractivity contribution in [3.05, 3.63) is 0 Å². The molecule has 88 valence electrons. The summed E-state index contributed by atoms with van der Waals surface area (Å²) >= 11 is 1.79. The van der Waals surface area contributed by atoms with Crippen LogP contribution in [0.5, 0.6) is 0 Å². The molecule has 0 saturated carbocycles. The second-order valence-corrected chi connectivity index (χ2v) is 5.37. The Morgan fingerprint density at radius 1 is 1.53 bits per heavy atom. The van der Waals surface area contributed by atoms with E-state index in [-0.39, 0.29) is 5.92 Å². The largest absolute Gasteiger partial charge is 0.342 e. The molecule has 0 aromatic carbocycles. The van der Waals surface area contributed by atoms with Gasteiger partial charge in [0.05, 0.1) is 0 Å². The zero-order valence-corrected chi connectivity index (χ0v) is 10.9. The maximum Gasteiger partial charge on any atom is 0.225 e. The summed E-state index contributed by atoms with van der Waals surface area (Å²) in [5.74, 6) is 2.02. The number of hydrogen-bond acceptors (Lipinski definition) is 3. The SMILES string of the molecule is CSCC(C)N(C)C(=O)C(C)C1CNC1. The molecule has 0 aromatic heterocycles. The van der Waals surface area contributed by atoms with Crippen molar-refractivity contribution in [1.82, 2.24) is 10.2 Å². The van der Waals surface area contributed by atoms with Gasteiger partial charge >= 0.3 is 0 Å². The van der Waals surface area contributed by atoms with Gasteiger partial charge in [0.25, 0.3) is 0 Å². The minimum Gasteiger partial charge on any atom is -0.342 e. The van der Waals surface area contributed by atoms with E-state index >= 15 is 0 Å². The quantitative estimate of drug-likeness (QED) is 0.766. The number of carbonyl (C=O) groups excluding carboxylic acids is 1. The molecule has 15 heavy (non-hydrogen) atoms. The summed E-state index contributed by atoms with van der Waals surface area (Å²) in [5.41, 5.74) is 0. The lowest BCUT2D eigenvalue weighted by atomic mass is 9.88. The summed E-state index contributed by atoms with van der Waals surface area (Å²) in [4.78, 5) is 14.0. The standard InChI is InChI=1S/C11H22N2OS/c1-8(7-15-4)13(3)11(14)9(2)10-5-12-6-10/h8-10,12H,5-7H2,1-4H3. The number of rotatable bonds is 5. The average molecular weight is 230 g/mol. The second-order valence-electron chi connectivity index (χ2n) is 4.46. The van der Waals surface area contributed by atoms with Crippen molar-refractivity contribution >= 4 is 17.7 Å². The van der Waals surface area contributed by atoms with Gasteiger partial charge in [0, 0.05) is 24.8 Å². The first-order valence-electron chi connectivity index (χ1n) is 5.54. The fourth-order valence-corrected chi connectivity index (χ4v) is 2.46. The summed E-state index contributed by atoms with van der Waals surface area (Å²) in [5, 5.41) is 3.22. The molecule has 1 fully saturated rings. The third-order valence-electron chi connectivity index (χ3n) is 3.33. The van der Waals surface area contributed by atoms with Crippen LogP contribution in [0.3, 0.4) is 0 Å². The lowest BCUT2D eigenvalue weighted by Crippen LogP contribution is -2.51. The van der Waals surface area contributed by atoms with Crippen LogP contribution in [-0.2, 0) is 4.79 Å². The first-order valence-corrected chi connectivity index (χ1v) is 6.93. The van der Waals surface area contributed by atoms with Gasteiger partial charge in [-0.25, -0.2) is 0 Å². The third kappa shape index (κ3) is 3.11. The molecule has 1 heterocycles. The highest BCUT2D eigenvalue weighted by atomic mass is 32.2. The van der Waals surface area contributed by atoms with Crippen molar-refractivity contribution < 1.29 is 4.79 Å². The third-order valence-corrected chi connectivity index (χ3v) is 4.14. The van der Waals surface area contributed by atoms with Gasteiger partial charge in [0.2, 0.25) is 5.91 Å². The zero-order valence-electron chi connectivity index (χ0n) is 10.1. The molecule has 0 aromatic rings.